The van der Waals surface area contributed by atoms with E-state index in [1.807, 2.05) is 18.2 Å². The van der Waals surface area contributed by atoms with Gasteiger partial charge in [-0.15, -0.1) is 11.3 Å². The van der Waals surface area contributed by atoms with Gasteiger partial charge in [-0.2, -0.15) is 0 Å². The van der Waals surface area contributed by atoms with Crippen LogP contribution in [0.5, 0.6) is 5.75 Å². The summed E-state index contributed by atoms with van der Waals surface area (Å²) in [5.41, 5.74) is 9.27. The molecule has 2 heterocycles. The molecule has 0 saturated heterocycles. The molecule has 0 saturated carbocycles. The number of hydrogen-bond acceptors (Lipinski definition) is 3. The lowest BCUT2D eigenvalue weighted by molar-refractivity contribution is 0.138. The summed E-state index contributed by atoms with van der Waals surface area (Å²) in [6.45, 7) is 4.17. The van der Waals surface area contributed by atoms with Crippen molar-refractivity contribution < 1.29 is 4.74 Å². The van der Waals surface area contributed by atoms with E-state index in [2.05, 4.69) is 19.9 Å². The van der Waals surface area contributed by atoms with Gasteiger partial charge in [0.2, 0.25) is 0 Å². The zero-order valence-electron chi connectivity index (χ0n) is 11.2. The second kappa shape index (κ2) is 4.92. The highest BCUT2D eigenvalue weighted by atomic mass is 35.5. The fourth-order valence-electron chi connectivity index (χ4n) is 2.57. The van der Waals surface area contributed by atoms with E-state index in [9.17, 15) is 0 Å². The molecule has 3 rings (SSSR count). The van der Waals surface area contributed by atoms with E-state index in [4.69, 9.17) is 33.7 Å². The summed E-state index contributed by atoms with van der Waals surface area (Å²) in [7, 11) is 0. The summed E-state index contributed by atoms with van der Waals surface area (Å²) < 4.78 is 7.19. The van der Waals surface area contributed by atoms with Crippen LogP contribution >= 0.6 is 34.5 Å². The van der Waals surface area contributed by atoms with Gasteiger partial charge >= 0.3 is 0 Å². The van der Waals surface area contributed by atoms with Crippen LogP contribution < -0.4 is 10.5 Å². The standard InChI is InChI=1S/C15H15Cl2NOS/c1-15(2)7-9-5-8(3-4-11(9)19-15)13(18)10-6-12(16)20-14(10)17/h3-6,13H,7,18H2,1-2H3. The molecule has 106 valence electrons. The summed E-state index contributed by atoms with van der Waals surface area (Å²) in [4.78, 5) is 0. The molecule has 1 aliphatic heterocycles. The Hall–Kier alpha value is -0.740. The summed E-state index contributed by atoms with van der Waals surface area (Å²) in [5.74, 6) is 0.945. The average molecular weight is 328 g/mol. The van der Waals surface area contributed by atoms with E-state index in [1.165, 1.54) is 16.9 Å². The van der Waals surface area contributed by atoms with Gasteiger partial charge in [0, 0.05) is 12.0 Å². The molecule has 1 aliphatic rings. The van der Waals surface area contributed by atoms with Crippen molar-refractivity contribution >= 4 is 34.5 Å². The molecule has 0 aliphatic carbocycles. The average Bonchev–Trinajstić information content (AvgIpc) is 2.84. The van der Waals surface area contributed by atoms with Gasteiger partial charge in [0.25, 0.3) is 0 Å². The third kappa shape index (κ3) is 2.56. The Morgan fingerprint density at radius 3 is 2.70 bits per heavy atom. The third-order valence-electron chi connectivity index (χ3n) is 3.46. The molecular weight excluding hydrogens is 313 g/mol. The molecule has 2 N–H and O–H groups in total. The number of halogens is 2. The molecule has 0 amide bonds. The lowest BCUT2D eigenvalue weighted by Gasteiger charge is -2.16. The van der Waals surface area contributed by atoms with Crippen LogP contribution in [0.15, 0.2) is 24.3 Å². The van der Waals surface area contributed by atoms with Gasteiger partial charge in [0.15, 0.2) is 0 Å². The predicted octanol–water partition coefficient (Wildman–Crippen LogP) is 4.82. The normalized spacial score (nSPS) is 17.6. The van der Waals surface area contributed by atoms with Crippen LogP contribution in [0.2, 0.25) is 8.67 Å². The van der Waals surface area contributed by atoms with E-state index < -0.39 is 0 Å². The van der Waals surface area contributed by atoms with Gasteiger partial charge in [-0.3, -0.25) is 0 Å². The summed E-state index contributed by atoms with van der Waals surface area (Å²) in [6.07, 6.45) is 0.890. The number of thiophene rings is 1. The molecular formula is C15H15Cl2NOS. The Morgan fingerprint density at radius 2 is 2.05 bits per heavy atom. The molecule has 1 aromatic heterocycles. The van der Waals surface area contributed by atoms with Crippen molar-refractivity contribution in [3.05, 3.63) is 49.6 Å². The van der Waals surface area contributed by atoms with Crippen LogP contribution in [-0.4, -0.2) is 5.60 Å². The van der Waals surface area contributed by atoms with Crippen molar-refractivity contribution in [2.45, 2.75) is 31.9 Å². The van der Waals surface area contributed by atoms with E-state index in [0.717, 1.165) is 23.3 Å². The van der Waals surface area contributed by atoms with Crippen molar-refractivity contribution in [3.8, 4) is 5.75 Å². The Labute approximate surface area is 132 Å². The SMILES string of the molecule is CC1(C)Cc2cc(C(N)c3cc(Cl)sc3Cl)ccc2O1. The number of benzene rings is 1. The molecule has 0 radical (unpaired) electrons. The van der Waals surface area contributed by atoms with Crippen LogP contribution in [0.4, 0.5) is 0 Å². The van der Waals surface area contributed by atoms with E-state index in [-0.39, 0.29) is 11.6 Å². The van der Waals surface area contributed by atoms with Crippen molar-refractivity contribution in [2.75, 3.05) is 0 Å². The highest BCUT2D eigenvalue weighted by Crippen LogP contribution is 2.39. The Morgan fingerprint density at radius 1 is 1.30 bits per heavy atom. The number of hydrogen-bond donors (Lipinski definition) is 1. The Kier molecular flexibility index (Phi) is 3.49. The summed E-state index contributed by atoms with van der Waals surface area (Å²) >= 11 is 13.5. The highest BCUT2D eigenvalue weighted by molar-refractivity contribution is 7.20. The maximum Gasteiger partial charge on any atom is 0.123 e. The first-order chi connectivity index (χ1) is 9.35. The van der Waals surface area contributed by atoms with Crippen molar-refractivity contribution in [2.24, 2.45) is 5.73 Å². The molecule has 1 unspecified atom stereocenters. The van der Waals surface area contributed by atoms with E-state index in [1.54, 1.807) is 0 Å². The Bertz CT molecular complexity index is 666. The molecule has 5 heteroatoms. The van der Waals surface area contributed by atoms with Gasteiger partial charge in [-0.05, 0) is 37.1 Å². The monoisotopic (exact) mass is 327 g/mol. The minimum absolute atomic E-state index is 0.144. The number of ether oxygens (including phenoxy) is 1. The first-order valence-electron chi connectivity index (χ1n) is 6.38. The first-order valence-corrected chi connectivity index (χ1v) is 7.95. The molecule has 2 aromatic rings. The van der Waals surface area contributed by atoms with Crippen molar-refractivity contribution in [1.29, 1.82) is 0 Å². The van der Waals surface area contributed by atoms with Crippen LogP contribution in [0.25, 0.3) is 0 Å². The topological polar surface area (TPSA) is 35.2 Å². The van der Waals surface area contributed by atoms with Gasteiger partial charge in [-0.25, -0.2) is 0 Å². The number of nitrogens with two attached hydrogens (primary N) is 1. The zero-order chi connectivity index (χ0) is 14.5. The fourth-order valence-corrected chi connectivity index (χ4v) is 4.12. The minimum Gasteiger partial charge on any atom is -0.487 e. The smallest absolute Gasteiger partial charge is 0.123 e. The minimum atomic E-state index is -0.264. The maximum atomic E-state index is 6.31. The summed E-state index contributed by atoms with van der Waals surface area (Å²) in [6, 6.07) is 7.66. The highest BCUT2D eigenvalue weighted by Gasteiger charge is 2.30. The quantitative estimate of drug-likeness (QED) is 0.858. The predicted molar refractivity (Wildman–Crippen MR) is 85.2 cm³/mol. The molecule has 0 bridgehead atoms. The molecule has 1 aromatic carbocycles. The summed E-state index contributed by atoms with van der Waals surface area (Å²) in [5, 5.41) is 0. The lowest BCUT2D eigenvalue weighted by Crippen LogP contribution is -2.24. The number of rotatable bonds is 2. The molecule has 0 fully saturated rings. The van der Waals surface area contributed by atoms with Gasteiger partial charge in [-0.1, -0.05) is 35.3 Å². The second-order valence-corrected chi connectivity index (χ2v) is 7.95. The Balaban J connectivity index is 1.95. The van der Waals surface area contributed by atoms with Gasteiger partial charge in [0.1, 0.15) is 11.4 Å². The van der Waals surface area contributed by atoms with Gasteiger partial charge < -0.3 is 10.5 Å². The first kappa shape index (κ1) is 14.2. The molecule has 2 nitrogen and oxygen atoms in total. The van der Waals surface area contributed by atoms with E-state index in [0.29, 0.717) is 8.67 Å². The number of fused-ring (bicyclic) bond motifs is 1. The van der Waals surface area contributed by atoms with Crippen LogP contribution in [-0.2, 0) is 6.42 Å². The largest absolute Gasteiger partial charge is 0.487 e. The maximum absolute atomic E-state index is 6.31. The fraction of sp³-hybridized carbons (Fsp3) is 0.333. The van der Waals surface area contributed by atoms with Crippen LogP contribution in [0.3, 0.4) is 0 Å². The van der Waals surface area contributed by atoms with E-state index >= 15 is 0 Å². The van der Waals surface area contributed by atoms with Crippen molar-refractivity contribution in [3.63, 3.8) is 0 Å². The van der Waals surface area contributed by atoms with Crippen LogP contribution in [0.1, 0.15) is 36.6 Å². The third-order valence-corrected chi connectivity index (χ3v) is 4.98. The lowest BCUT2D eigenvalue weighted by atomic mass is 9.96. The zero-order valence-corrected chi connectivity index (χ0v) is 13.6. The molecule has 1 atom stereocenters. The van der Waals surface area contributed by atoms with Crippen LogP contribution in [0, 0.1) is 0 Å². The van der Waals surface area contributed by atoms with Gasteiger partial charge in [0.05, 0.1) is 14.7 Å². The van der Waals surface area contributed by atoms with Crippen molar-refractivity contribution in [1.82, 2.24) is 0 Å². The molecule has 0 spiro atoms. The second-order valence-electron chi connectivity index (χ2n) is 5.66. The molecule has 20 heavy (non-hydrogen) atoms.